The average Bonchev–Trinajstić information content (AvgIpc) is 2.45. The zero-order valence-corrected chi connectivity index (χ0v) is 9.73. The summed E-state index contributed by atoms with van der Waals surface area (Å²) in [7, 11) is 1.86. The minimum atomic E-state index is -0.309. The van der Waals surface area contributed by atoms with E-state index in [0.717, 1.165) is 11.3 Å². The van der Waals surface area contributed by atoms with Gasteiger partial charge in [0.1, 0.15) is 11.6 Å². The molecule has 14 heavy (non-hydrogen) atoms. The maximum Gasteiger partial charge on any atom is 0.139 e. The Balaban J connectivity index is 2.80. The van der Waals surface area contributed by atoms with Crippen LogP contribution in [-0.4, -0.2) is 9.55 Å². The summed E-state index contributed by atoms with van der Waals surface area (Å²) in [5, 5.41) is 0. The molecule has 1 aromatic heterocycles. The Morgan fingerprint density at radius 1 is 1.57 bits per heavy atom. The highest BCUT2D eigenvalue weighted by Crippen LogP contribution is 2.23. The summed E-state index contributed by atoms with van der Waals surface area (Å²) in [6.07, 6.45) is 0. The van der Waals surface area contributed by atoms with Gasteiger partial charge in [-0.1, -0.05) is 0 Å². The highest BCUT2D eigenvalue weighted by atomic mass is 79.9. The first-order valence-electron chi connectivity index (χ1n) is 4.00. The molecule has 2 aromatic rings. The van der Waals surface area contributed by atoms with Crippen LogP contribution < -0.4 is 0 Å². The molecule has 0 atom stereocenters. The van der Waals surface area contributed by atoms with Gasteiger partial charge in [-0.15, -0.1) is 11.6 Å². The maximum absolute atomic E-state index is 13.2. The predicted molar refractivity (Wildman–Crippen MR) is 57.9 cm³/mol. The van der Waals surface area contributed by atoms with Crippen LogP contribution >= 0.6 is 27.5 Å². The van der Waals surface area contributed by atoms with Crippen LogP contribution in [0.2, 0.25) is 0 Å². The second-order valence-corrected chi connectivity index (χ2v) is 4.10. The number of nitrogens with zero attached hydrogens (tertiary/aromatic N) is 2. The van der Waals surface area contributed by atoms with Crippen molar-refractivity contribution in [2.75, 3.05) is 0 Å². The molecule has 1 heterocycles. The maximum atomic E-state index is 13.2. The Morgan fingerprint density at radius 2 is 2.29 bits per heavy atom. The molecule has 0 amide bonds. The van der Waals surface area contributed by atoms with Gasteiger partial charge in [0.2, 0.25) is 0 Å². The van der Waals surface area contributed by atoms with Gasteiger partial charge in [0, 0.05) is 13.1 Å². The molecule has 2 rings (SSSR count). The van der Waals surface area contributed by atoms with Crippen molar-refractivity contribution in [3.63, 3.8) is 0 Å². The van der Waals surface area contributed by atoms with E-state index in [9.17, 15) is 4.39 Å². The lowest BCUT2D eigenvalue weighted by molar-refractivity contribution is 0.623. The number of alkyl halides is 1. The van der Waals surface area contributed by atoms with Crippen LogP contribution in [0.25, 0.3) is 11.0 Å². The van der Waals surface area contributed by atoms with Crippen molar-refractivity contribution in [3.8, 4) is 0 Å². The second kappa shape index (κ2) is 3.51. The van der Waals surface area contributed by atoms with E-state index in [-0.39, 0.29) is 5.82 Å². The largest absolute Gasteiger partial charge is 0.330 e. The van der Waals surface area contributed by atoms with Crippen LogP contribution in [0.3, 0.4) is 0 Å². The van der Waals surface area contributed by atoms with E-state index in [4.69, 9.17) is 11.6 Å². The monoisotopic (exact) mass is 276 g/mol. The molecule has 0 saturated carbocycles. The lowest BCUT2D eigenvalue weighted by Crippen LogP contribution is -1.93. The molecule has 0 aliphatic rings. The summed E-state index contributed by atoms with van der Waals surface area (Å²) in [6.45, 7) is 0. The molecule has 0 bridgehead atoms. The summed E-state index contributed by atoms with van der Waals surface area (Å²) in [5.74, 6) is 0.751. The van der Waals surface area contributed by atoms with E-state index in [1.165, 1.54) is 6.07 Å². The van der Waals surface area contributed by atoms with Crippen molar-refractivity contribution in [3.05, 3.63) is 28.2 Å². The minimum Gasteiger partial charge on any atom is -0.330 e. The number of hydrogen-bond acceptors (Lipinski definition) is 1. The molecule has 0 aliphatic heterocycles. The Labute approximate surface area is 93.8 Å². The van der Waals surface area contributed by atoms with Gasteiger partial charge in [-0.05, 0) is 22.0 Å². The molecule has 0 aliphatic carbocycles. The van der Waals surface area contributed by atoms with E-state index in [0.29, 0.717) is 15.9 Å². The fourth-order valence-electron chi connectivity index (χ4n) is 1.36. The van der Waals surface area contributed by atoms with E-state index < -0.39 is 0 Å². The first-order chi connectivity index (χ1) is 6.63. The zero-order chi connectivity index (χ0) is 10.3. The van der Waals surface area contributed by atoms with E-state index in [2.05, 4.69) is 20.9 Å². The molecule has 0 saturated heterocycles. The summed E-state index contributed by atoms with van der Waals surface area (Å²) in [6, 6.07) is 3.10. The van der Waals surface area contributed by atoms with Crippen molar-refractivity contribution in [1.82, 2.24) is 9.55 Å². The standard InChI is InChI=1S/C9H7BrClFN2/c1-14-8-2-5(10)6(12)3-7(8)13-9(14)4-11/h2-3H,4H2,1H3. The highest BCUT2D eigenvalue weighted by molar-refractivity contribution is 9.10. The number of benzene rings is 1. The normalized spacial score (nSPS) is 11.1. The number of imidazole rings is 1. The van der Waals surface area contributed by atoms with Crippen molar-refractivity contribution < 1.29 is 4.39 Å². The topological polar surface area (TPSA) is 17.8 Å². The fourth-order valence-corrected chi connectivity index (χ4v) is 1.93. The fraction of sp³-hybridized carbons (Fsp3) is 0.222. The van der Waals surface area contributed by atoms with Gasteiger partial charge in [-0.3, -0.25) is 0 Å². The Morgan fingerprint density at radius 3 is 2.93 bits per heavy atom. The number of aromatic nitrogens is 2. The Kier molecular flexibility index (Phi) is 2.49. The summed E-state index contributed by atoms with van der Waals surface area (Å²) < 4.78 is 15.5. The van der Waals surface area contributed by atoms with E-state index >= 15 is 0 Å². The minimum absolute atomic E-state index is 0.309. The van der Waals surface area contributed by atoms with Gasteiger partial charge in [0.05, 0.1) is 21.4 Å². The van der Waals surface area contributed by atoms with E-state index in [1.54, 1.807) is 6.07 Å². The summed E-state index contributed by atoms with van der Waals surface area (Å²) in [4.78, 5) is 4.20. The average molecular weight is 278 g/mol. The molecule has 0 spiro atoms. The molecule has 0 N–H and O–H groups in total. The molecule has 0 radical (unpaired) electrons. The summed E-state index contributed by atoms with van der Waals surface area (Å²) in [5.41, 5.74) is 1.50. The van der Waals surface area contributed by atoms with Crippen LogP contribution in [0.1, 0.15) is 5.82 Å². The van der Waals surface area contributed by atoms with Crippen LogP contribution in [0.5, 0.6) is 0 Å². The number of hydrogen-bond donors (Lipinski definition) is 0. The molecule has 0 unspecified atom stereocenters. The van der Waals surface area contributed by atoms with Gasteiger partial charge < -0.3 is 4.57 Å². The zero-order valence-electron chi connectivity index (χ0n) is 7.39. The number of fused-ring (bicyclic) bond motifs is 1. The van der Waals surface area contributed by atoms with Crippen LogP contribution in [0.15, 0.2) is 16.6 Å². The van der Waals surface area contributed by atoms with Gasteiger partial charge in [0.15, 0.2) is 0 Å². The predicted octanol–water partition coefficient (Wildman–Crippen LogP) is 3.21. The molecule has 1 aromatic carbocycles. The lowest BCUT2D eigenvalue weighted by Gasteiger charge is -1.98. The van der Waals surface area contributed by atoms with Crippen LogP contribution in [0.4, 0.5) is 4.39 Å². The third-order valence-corrected chi connectivity index (χ3v) is 2.98. The van der Waals surface area contributed by atoms with Crippen molar-refractivity contribution in [1.29, 1.82) is 0 Å². The first-order valence-corrected chi connectivity index (χ1v) is 5.32. The lowest BCUT2D eigenvalue weighted by atomic mass is 10.3. The van der Waals surface area contributed by atoms with Crippen molar-refractivity contribution in [2.24, 2.45) is 7.05 Å². The highest BCUT2D eigenvalue weighted by Gasteiger charge is 2.09. The molecular formula is C9H7BrClFN2. The van der Waals surface area contributed by atoms with Crippen molar-refractivity contribution >= 4 is 38.6 Å². The third kappa shape index (κ3) is 1.42. The molecular weight excluding hydrogens is 270 g/mol. The Bertz CT molecular complexity index is 495. The third-order valence-electron chi connectivity index (χ3n) is 2.14. The van der Waals surface area contributed by atoms with Crippen LogP contribution in [-0.2, 0) is 12.9 Å². The van der Waals surface area contributed by atoms with Crippen molar-refractivity contribution in [2.45, 2.75) is 5.88 Å². The van der Waals surface area contributed by atoms with Gasteiger partial charge in [-0.25, -0.2) is 9.37 Å². The number of rotatable bonds is 1. The molecule has 0 fully saturated rings. The SMILES string of the molecule is Cn1c(CCl)nc2cc(F)c(Br)cc21. The second-order valence-electron chi connectivity index (χ2n) is 2.98. The molecule has 74 valence electrons. The van der Waals surface area contributed by atoms with E-state index in [1.807, 2.05) is 11.6 Å². The summed E-state index contributed by atoms with van der Waals surface area (Å²) >= 11 is 8.83. The van der Waals surface area contributed by atoms with Gasteiger partial charge in [-0.2, -0.15) is 0 Å². The smallest absolute Gasteiger partial charge is 0.139 e. The Hall–Kier alpha value is -0.610. The number of halogens is 3. The van der Waals surface area contributed by atoms with Crippen LogP contribution in [0, 0.1) is 5.82 Å². The van der Waals surface area contributed by atoms with Gasteiger partial charge in [0.25, 0.3) is 0 Å². The van der Waals surface area contributed by atoms with Gasteiger partial charge >= 0.3 is 0 Å². The molecule has 2 nitrogen and oxygen atoms in total. The number of aryl methyl sites for hydroxylation is 1. The quantitative estimate of drug-likeness (QED) is 0.732. The molecule has 5 heteroatoms. The first kappa shape index (κ1) is 9.93.